The van der Waals surface area contributed by atoms with E-state index in [1.807, 2.05) is 37.3 Å². The summed E-state index contributed by atoms with van der Waals surface area (Å²) in [5.41, 5.74) is 1.02. The van der Waals surface area contributed by atoms with Gasteiger partial charge in [0.1, 0.15) is 5.75 Å². The van der Waals surface area contributed by atoms with E-state index in [1.165, 1.54) is 12.4 Å². The van der Waals surface area contributed by atoms with Crippen LogP contribution in [0.4, 0.5) is 0 Å². The fourth-order valence-corrected chi connectivity index (χ4v) is 1.49. The molecule has 0 amide bonds. The van der Waals surface area contributed by atoms with Crippen LogP contribution >= 0.6 is 0 Å². The van der Waals surface area contributed by atoms with Crippen LogP contribution in [-0.2, 0) is 6.42 Å². The average molecular weight is 215 g/mol. The van der Waals surface area contributed by atoms with Crippen molar-refractivity contribution in [3.8, 4) is 11.5 Å². The lowest BCUT2D eigenvalue weighted by Gasteiger charge is -2.08. The Bertz CT molecular complexity index is 469. The second kappa shape index (κ2) is 4.66. The molecule has 0 aliphatic rings. The molecule has 0 radical (unpaired) electrons. The maximum absolute atomic E-state index is 11.2. The lowest BCUT2D eigenvalue weighted by Crippen LogP contribution is -2.24. The van der Waals surface area contributed by atoms with E-state index < -0.39 is 0 Å². The normalized spacial score (nSPS) is 10.1. The van der Waals surface area contributed by atoms with Gasteiger partial charge in [0.15, 0.2) is 11.9 Å². The quantitative estimate of drug-likeness (QED) is 0.583. The summed E-state index contributed by atoms with van der Waals surface area (Å²) in [5, 5.41) is 11.2. The molecule has 2 rings (SSSR count). The summed E-state index contributed by atoms with van der Waals surface area (Å²) in [6.45, 7) is 2.03. The van der Waals surface area contributed by atoms with Crippen molar-refractivity contribution in [1.82, 2.24) is 0 Å². The third kappa shape index (κ3) is 2.31. The first kappa shape index (κ1) is 10.5. The van der Waals surface area contributed by atoms with E-state index in [0.29, 0.717) is 5.75 Å². The first-order valence-corrected chi connectivity index (χ1v) is 5.24. The van der Waals surface area contributed by atoms with E-state index in [1.54, 1.807) is 6.07 Å². The molecule has 1 aromatic carbocycles. The van der Waals surface area contributed by atoms with Crippen molar-refractivity contribution in [1.29, 1.82) is 0 Å². The number of nitrogens with zero attached hydrogens (tertiary/aromatic N) is 1. The number of ether oxygens (including phenoxy) is 1. The van der Waals surface area contributed by atoms with Crippen LogP contribution in [0.5, 0.6) is 11.5 Å². The first-order valence-electron chi connectivity index (χ1n) is 5.24. The Morgan fingerprint density at radius 2 is 1.94 bits per heavy atom. The van der Waals surface area contributed by atoms with Crippen molar-refractivity contribution in [3.63, 3.8) is 0 Å². The van der Waals surface area contributed by atoms with Crippen molar-refractivity contribution < 1.29 is 9.47 Å². The van der Waals surface area contributed by atoms with Crippen molar-refractivity contribution in [3.05, 3.63) is 59.6 Å². The maximum atomic E-state index is 11.2. The predicted molar refractivity (Wildman–Crippen MR) is 61.3 cm³/mol. The van der Waals surface area contributed by atoms with Gasteiger partial charge in [0.05, 0.1) is 0 Å². The third-order valence-electron chi connectivity index (χ3n) is 2.34. The molecule has 0 N–H and O–H groups in total. The van der Waals surface area contributed by atoms with E-state index in [-0.39, 0.29) is 0 Å². The number of pyridine rings is 1. The van der Waals surface area contributed by atoms with Crippen LogP contribution in [0.3, 0.4) is 0 Å². The average Bonchev–Trinajstić information content (AvgIpc) is 2.31. The molecule has 16 heavy (non-hydrogen) atoms. The zero-order valence-electron chi connectivity index (χ0n) is 9.09. The van der Waals surface area contributed by atoms with E-state index in [2.05, 4.69) is 0 Å². The highest BCUT2D eigenvalue weighted by Gasteiger charge is 2.07. The van der Waals surface area contributed by atoms with Crippen molar-refractivity contribution in [2.24, 2.45) is 0 Å². The van der Waals surface area contributed by atoms with E-state index in [0.717, 1.165) is 22.5 Å². The summed E-state index contributed by atoms with van der Waals surface area (Å²) < 4.78 is 6.41. The Balaban J connectivity index is 2.30. The van der Waals surface area contributed by atoms with Crippen LogP contribution in [0.1, 0.15) is 12.5 Å². The molecule has 0 unspecified atom stereocenters. The molecule has 0 aliphatic carbocycles. The lowest BCUT2D eigenvalue weighted by molar-refractivity contribution is -0.605. The number of rotatable bonds is 3. The van der Waals surface area contributed by atoms with Crippen LogP contribution in [0, 0.1) is 5.21 Å². The van der Waals surface area contributed by atoms with Crippen LogP contribution < -0.4 is 9.47 Å². The van der Waals surface area contributed by atoms with Gasteiger partial charge in [-0.05, 0) is 18.6 Å². The Morgan fingerprint density at radius 1 is 1.19 bits per heavy atom. The summed E-state index contributed by atoms with van der Waals surface area (Å²) in [5.74, 6) is 1.36. The molecule has 0 bridgehead atoms. The molecule has 1 heterocycles. The van der Waals surface area contributed by atoms with Crippen LogP contribution in [0.2, 0.25) is 0 Å². The van der Waals surface area contributed by atoms with Gasteiger partial charge >= 0.3 is 0 Å². The first-order chi connectivity index (χ1) is 7.79. The number of hydrogen-bond donors (Lipinski definition) is 0. The summed E-state index contributed by atoms with van der Waals surface area (Å²) in [6.07, 6.45) is 3.77. The van der Waals surface area contributed by atoms with Crippen molar-refractivity contribution >= 4 is 0 Å². The Morgan fingerprint density at radius 3 is 2.62 bits per heavy atom. The molecule has 0 aliphatic heterocycles. The monoisotopic (exact) mass is 215 g/mol. The van der Waals surface area contributed by atoms with Crippen molar-refractivity contribution in [2.75, 3.05) is 0 Å². The molecule has 3 nitrogen and oxygen atoms in total. The minimum absolute atomic E-state index is 0.617. The number of para-hydroxylation sites is 1. The Kier molecular flexibility index (Phi) is 3.05. The number of aromatic nitrogens is 1. The summed E-state index contributed by atoms with van der Waals surface area (Å²) in [7, 11) is 0. The smallest absolute Gasteiger partial charge is 0.223 e. The Hall–Kier alpha value is -2.03. The zero-order chi connectivity index (χ0) is 11.4. The maximum Gasteiger partial charge on any atom is 0.223 e. The molecule has 1 aromatic heterocycles. The third-order valence-corrected chi connectivity index (χ3v) is 2.34. The van der Waals surface area contributed by atoms with Crippen molar-refractivity contribution in [2.45, 2.75) is 13.3 Å². The fraction of sp³-hybridized carbons (Fsp3) is 0.154. The zero-order valence-corrected chi connectivity index (χ0v) is 9.09. The predicted octanol–water partition coefficient (Wildman–Crippen LogP) is 2.67. The minimum atomic E-state index is 0.617. The van der Waals surface area contributed by atoms with Gasteiger partial charge in [-0.3, -0.25) is 0 Å². The topological polar surface area (TPSA) is 36.2 Å². The van der Waals surface area contributed by atoms with Crippen LogP contribution in [0.15, 0.2) is 48.8 Å². The van der Waals surface area contributed by atoms with Gasteiger partial charge in [-0.15, -0.1) is 0 Å². The second-order valence-corrected chi connectivity index (χ2v) is 3.46. The molecule has 0 fully saturated rings. The molecular weight excluding hydrogens is 202 g/mol. The molecular formula is C13H13NO2. The molecule has 0 atom stereocenters. The van der Waals surface area contributed by atoms with E-state index in [9.17, 15) is 5.21 Å². The molecule has 2 aromatic rings. The van der Waals surface area contributed by atoms with E-state index >= 15 is 0 Å². The molecule has 0 saturated heterocycles. The number of benzene rings is 1. The highest BCUT2D eigenvalue weighted by atomic mass is 16.5. The SMILES string of the molecule is CCc1cc[n+]([O-])cc1Oc1ccccc1. The van der Waals surface area contributed by atoms with Gasteiger partial charge in [-0.25, -0.2) is 0 Å². The van der Waals surface area contributed by atoms with Crippen LogP contribution in [0.25, 0.3) is 0 Å². The summed E-state index contributed by atoms with van der Waals surface area (Å²) in [4.78, 5) is 0. The van der Waals surface area contributed by atoms with Gasteiger partial charge in [0, 0.05) is 11.6 Å². The highest BCUT2D eigenvalue weighted by Crippen LogP contribution is 2.23. The van der Waals surface area contributed by atoms with Gasteiger partial charge in [-0.1, -0.05) is 25.1 Å². The number of aryl methyl sites for hydroxylation is 1. The number of hydrogen-bond acceptors (Lipinski definition) is 2. The molecule has 3 heteroatoms. The van der Waals surface area contributed by atoms with Gasteiger partial charge < -0.3 is 9.94 Å². The molecule has 0 spiro atoms. The highest BCUT2D eigenvalue weighted by molar-refractivity contribution is 5.34. The molecule has 0 saturated carbocycles. The largest absolute Gasteiger partial charge is 0.619 e. The summed E-state index contributed by atoms with van der Waals surface area (Å²) in [6, 6.07) is 11.2. The second-order valence-electron chi connectivity index (χ2n) is 3.46. The van der Waals surface area contributed by atoms with Gasteiger partial charge in [-0.2, -0.15) is 4.73 Å². The minimum Gasteiger partial charge on any atom is -0.619 e. The molecule has 82 valence electrons. The fourth-order valence-electron chi connectivity index (χ4n) is 1.49. The van der Waals surface area contributed by atoms with Crippen LogP contribution in [-0.4, -0.2) is 0 Å². The summed E-state index contributed by atoms with van der Waals surface area (Å²) >= 11 is 0. The van der Waals surface area contributed by atoms with E-state index in [4.69, 9.17) is 4.74 Å². The lowest BCUT2D eigenvalue weighted by atomic mass is 10.2. The van der Waals surface area contributed by atoms with Gasteiger partial charge in [0.25, 0.3) is 0 Å². The standard InChI is InChI=1S/C13H13NO2/c1-2-11-8-9-14(15)10-13(11)16-12-6-4-3-5-7-12/h3-10H,2H2,1H3. The Labute approximate surface area is 94.5 Å². The van der Waals surface area contributed by atoms with Gasteiger partial charge in [0.2, 0.25) is 6.20 Å².